The van der Waals surface area contributed by atoms with Crippen LogP contribution in [0.5, 0.6) is 0 Å². The van der Waals surface area contributed by atoms with Crippen molar-refractivity contribution in [2.24, 2.45) is 0 Å². The molecule has 0 aliphatic heterocycles. The number of hydrogen-bond acceptors (Lipinski definition) is 2. The second-order valence-corrected chi connectivity index (χ2v) is 5.74. The Kier molecular flexibility index (Phi) is 3.43. The number of benzene rings is 2. The van der Waals surface area contributed by atoms with Gasteiger partial charge in [0.05, 0.1) is 5.52 Å². The highest BCUT2D eigenvalue weighted by Crippen LogP contribution is 2.22. The van der Waals surface area contributed by atoms with Crippen molar-refractivity contribution in [3.05, 3.63) is 95.3 Å². The third-order valence-corrected chi connectivity index (χ3v) is 4.25. The normalized spacial score (nSPS) is 10.8. The van der Waals surface area contributed by atoms with Gasteiger partial charge in [-0.15, -0.1) is 0 Å². The Morgan fingerprint density at radius 3 is 2.42 bits per heavy atom. The molecule has 0 spiro atoms. The molecule has 0 saturated carbocycles. The molecule has 0 bridgehead atoms. The third kappa shape index (κ3) is 2.38. The Morgan fingerprint density at radius 1 is 0.833 bits per heavy atom. The van der Waals surface area contributed by atoms with Crippen LogP contribution in [0.2, 0.25) is 0 Å². The zero-order valence-electron chi connectivity index (χ0n) is 13.1. The minimum Gasteiger partial charge on any atom is -0.289 e. The molecular formula is C22H15NO. The fourth-order valence-corrected chi connectivity index (χ4v) is 2.94. The van der Waals surface area contributed by atoms with E-state index in [0.29, 0.717) is 16.3 Å². The van der Waals surface area contributed by atoms with Gasteiger partial charge in [0.25, 0.3) is 0 Å². The fraction of sp³-hybridized carbons (Fsp3) is 0. The van der Waals surface area contributed by atoms with E-state index >= 15 is 0 Å². The molecule has 2 heteroatoms. The molecule has 3 aromatic carbocycles. The van der Waals surface area contributed by atoms with Crippen LogP contribution in [0.15, 0.2) is 84.3 Å². The molecule has 0 unspecified atom stereocenters. The van der Waals surface area contributed by atoms with Crippen LogP contribution in [0.25, 0.3) is 38.9 Å². The highest BCUT2D eigenvalue weighted by molar-refractivity contribution is 5.94. The Bertz CT molecular complexity index is 1130. The first-order chi connectivity index (χ1) is 11.8. The van der Waals surface area contributed by atoms with Crippen LogP contribution in [-0.2, 0) is 0 Å². The number of fused-ring (bicyclic) bond motifs is 2. The lowest BCUT2D eigenvalue weighted by Gasteiger charge is -2.01. The van der Waals surface area contributed by atoms with E-state index in [4.69, 9.17) is 0 Å². The summed E-state index contributed by atoms with van der Waals surface area (Å²) in [5, 5.41) is 2.23. The van der Waals surface area contributed by atoms with E-state index in [0.717, 1.165) is 22.1 Å². The summed E-state index contributed by atoms with van der Waals surface area (Å²) in [4.78, 5) is 17.6. The van der Waals surface area contributed by atoms with Gasteiger partial charge in [0.15, 0.2) is 5.43 Å². The molecule has 1 heterocycles. The molecule has 1 aromatic heterocycles. The van der Waals surface area contributed by atoms with Crippen molar-refractivity contribution in [3.63, 3.8) is 0 Å². The maximum atomic E-state index is 13.1. The maximum Gasteiger partial charge on any atom is 0.195 e. The molecule has 24 heavy (non-hydrogen) atoms. The second-order valence-electron chi connectivity index (χ2n) is 5.74. The number of hydrogen-bond donors (Lipinski definition) is 0. The quantitative estimate of drug-likeness (QED) is 0.518. The molecule has 0 aliphatic rings. The molecule has 0 radical (unpaired) electrons. The van der Waals surface area contributed by atoms with Crippen molar-refractivity contribution in [1.82, 2.24) is 4.98 Å². The Morgan fingerprint density at radius 2 is 1.62 bits per heavy atom. The van der Waals surface area contributed by atoms with Crippen LogP contribution in [0, 0.1) is 0 Å². The van der Waals surface area contributed by atoms with Gasteiger partial charge < -0.3 is 0 Å². The molecule has 114 valence electrons. The molecule has 0 atom stereocenters. The van der Waals surface area contributed by atoms with Crippen molar-refractivity contribution >= 4 is 27.8 Å². The molecule has 4 rings (SSSR count). The van der Waals surface area contributed by atoms with Gasteiger partial charge in [-0.1, -0.05) is 61.2 Å². The van der Waals surface area contributed by atoms with Gasteiger partial charge in [-0.05, 0) is 34.7 Å². The minimum absolute atomic E-state index is 0.000943. The minimum atomic E-state index is -0.000943. The second kappa shape index (κ2) is 5.74. The number of nitrogens with zero attached hydrogens (tertiary/aromatic N) is 1. The van der Waals surface area contributed by atoms with E-state index in [1.165, 1.54) is 0 Å². The van der Waals surface area contributed by atoms with Crippen molar-refractivity contribution in [1.29, 1.82) is 0 Å². The SMILES string of the molecule is C=Cc1ccc2ccc3ncc(-c4ccccc4)cc3c(=O)c2c1. The van der Waals surface area contributed by atoms with Crippen LogP contribution < -0.4 is 5.43 Å². The summed E-state index contributed by atoms with van der Waals surface area (Å²) in [6.07, 6.45) is 3.57. The van der Waals surface area contributed by atoms with Gasteiger partial charge in [-0.25, -0.2) is 0 Å². The Balaban J connectivity index is 2.08. The highest BCUT2D eigenvalue weighted by atomic mass is 16.1. The van der Waals surface area contributed by atoms with E-state index in [-0.39, 0.29) is 5.43 Å². The van der Waals surface area contributed by atoms with Crippen LogP contribution in [0.3, 0.4) is 0 Å². The summed E-state index contributed by atoms with van der Waals surface area (Å²) in [6, 6.07) is 21.5. The van der Waals surface area contributed by atoms with Crippen LogP contribution >= 0.6 is 0 Å². The lowest BCUT2D eigenvalue weighted by atomic mass is 10.1. The maximum absolute atomic E-state index is 13.1. The van der Waals surface area contributed by atoms with Crippen LogP contribution in [-0.4, -0.2) is 4.98 Å². The van der Waals surface area contributed by atoms with E-state index in [1.807, 2.05) is 72.9 Å². The third-order valence-electron chi connectivity index (χ3n) is 4.25. The Labute approximate surface area is 139 Å². The average molecular weight is 309 g/mol. The van der Waals surface area contributed by atoms with Crippen molar-refractivity contribution in [3.8, 4) is 11.1 Å². The van der Waals surface area contributed by atoms with Gasteiger partial charge in [-0.2, -0.15) is 0 Å². The Hall–Kier alpha value is -3.26. The monoisotopic (exact) mass is 309 g/mol. The molecular weight excluding hydrogens is 294 g/mol. The van der Waals surface area contributed by atoms with Crippen molar-refractivity contribution < 1.29 is 0 Å². The number of aromatic nitrogens is 1. The van der Waals surface area contributed by atoms with Crippen molar-refractivity contribution in [2.45, 2.75) is 0 Å². The number of pyridine rings is 1. The summed E-state index contributed by atoms with van der Waals surface area (Å²) in [5.41, 5.74) is 3.63. The summed E-state index contributed by atoms with van der Waals surface area (Å²) < 4.78 is 0. The summed E-state index contributed by atoms with van der Waals surface area (Å²) in [7, 11) is 0. The predicted molar refractivity (Wildman–Crippen MR) is 101 cm³/mol. The van der Waals surface area contributed by atoms with Gasteiger partial charge in [-0.3, -0.25) is 9.78 Å². The summed E-state index contributed by atoms with van der Waals surface area (Å²) in [6.45, 7) is 3.78. The summed E-state index contributed by atoms with van der Waals surface area (Å²) in [5.74, 6) is 0. The van der Waals surface area contributed by atoms with Crippen LogP contribution in [0.4, 0.5) is 0 Å². The molecule has 0 aliphatic carbocycles. The van der Waals surface area contributed by atoms with Gasteiger partial charge in [0.1, 0.15) is 0 Å². The molecule has 4 aromatic rings. The molecule has 0 amide bonds. The zero-order valence-corrected chi connectivity index (χ0v) is 13.1. The standard InChI is InChI=1S/C22H15NO/c1-2-15-8-9-17-10-11-21-20(22(24)19(17)12-15)13-18(14-23-21)16-6-4-3-5-7-16/h2-14H,1H2. The lowest BCUT2D eigenvalue weighted by Crippen LogP contribution is -1.99. The first-order valence-electron chi connectivity index (χ1n) is 7.81. The smallest absolute Gasteiger partial charge is 0.195 e. The van der Waals surface area contributed by atoms with Crippen molar-refractivity contribution in [2.75, 3.05) is 0 Å². The molecule has 0 N–H and O–H groups in total. The van der Waals surface area contributed by atoms with Gasteiger partial charge in [0.2, 0.25) is 0 Å². The first kappa shape index (κ1) is 14.3. The predicted octanol–water partition coefficient (Wildman–Crippen LogP) is 5.06. The molecule has 0 saturated heterocycles. The fourth-order valence-electron chi connectivity index (χ4n) is 2.94. The van der Waals surface area contributed by atoms with Gasteiger partial charge in [0, 0.05) is 22.5 Å². The molecule has 2 nitrogen and oxygen atoms in total. The average Bonchev–Trinajstić information content (AvgIpc) is 2.79. The lowest BCUT2D eigenvalue weighted by molar-refractivity contribution is 1.41. The van der Waals surface area contributed by atoms with E-state index in [2.05, 4.69) is 11.6 Å². The van der Waals surface area contributed by atoms with E-state index in [1.54, 1.807) is 6.08 Å². The van der Waals surface area contributed by atoms with E-state index < -0.39 is 0 Å². The summed E-state index contributed by atoms with van der Waals surface area (Å²) >= 11 is 0. The zero-order chi connectivity index (χ0) is 16.5. The highest BCUT2D eigenvalue weighted by Gasteiger charge is 2.06. The van der Waals surface area contributed by atoms with E-state index in [9.17, 15) is 4.79 Å². The van der Waals surface area contributed by atoms with Gasteiger partial charge >= 0.3 is 0 Å². The molecule has 0 fully saturated rings. The topological polar surface area (TPSA) is 30.0 Å². The first-order valence-corrected chi connectivity index (χ1v) is 7.81. The van der Waals surface area contributed by atoms with Crippen LogP contribution in [0.1, 0.15) is 5.56 Å². The number of rotatable bonds is 2. The largest absolute Gasteiger partial charge is 0.289 e.